The number of fused-ring (bicyclic) bond motifs is 1. The van der Waals surface area contributed by atoms with Gasteiger partial charge in [-0.3, -0.25) is 14.2 Å². The summed E-state index contributed by atoms with van der Waals surface area (Å²) in [6.45, 7) is 0. The summed E-state index contributed by atoms with van der Waals surface area (Å²) >= 11 is 0. The smallest absolute Gasteiger partial charge is 0.264 e. The summed E-state index contributed by atoms with van der Waals surface area (Å²) in [5.41, 5.74) is 8.04. The molecular weight excluding hydrogens is 422 g/mol. The molecule has 0 radical (unpaired) electrons. The summed E-state index contributed by atoms with van der Waals surface area (Å²) in [6.07, 6.45) is 0. The first-order valence-corrected chi connectivity index (χ1v) is 10.1. The highest BCUT2D eigenvalue weighted by atomic mass is 16.5. The molecule has 1 amide bonds. The number of carbonyl (C=O) groups is 2. The lowest BCUT2D eigenvalue weighted by Gasteiger charge is -2.11. The van der Waals surface area contributed by atoms with Crippen LogP contribution in [-0.2, 0) is 0 Å². The molecule has 1 heterocycles. The van der Waals surface area contributed by atoms with E-state index < -0.39 is 11.8 Å². The fourth-order valence-corrected chi connectivity index (χ4v) is 3.68. The number of nitrogens with one attached hydrogen (secondary N) is 1. The zero-order chi connectivity index (χ0) is 23.5. The van der Waals surface area contributed by atoms with Crippen molar-refractivity contribution >= 4 is 34.2 Å². The number of rotatable bonds is 6. The quantitative estimate of drug-likeness (QED) is 0.461. The molecule has 8 heteroatoms. The third-order valence-electron chi connectivity index (χ3n) is 5.32. The number of para-hydroxylation sites is 1. The van der Waals surface area contributed by atoms with Crippen LogP contribution in [0.25, 0.3) is 10.9 Å². The third kappa shape index (κ3) is 3.94. The van der Waals surface area contributed by atoms with Gasteiger partial charge in [-0.15, -0.1) is 0 Å². The Morgan fingerprint density at radius 1 is 0.848 bits per heavy atom. The number of amides is 1. The molecule has 1 aromatic heterocycles. The molecule has 33 heavy (non-hydrogen) atoms. The molecule has 0 fully saturated rings. The molecule has 0 bridgehead atoms. The minimum absolute atomic E-state index is 0.0435. The highest BCUT2D eigenvalue weighted by Crippen LogP contribution is 2.32. The average Bonchev–Trinajstić information content (AvgIpc) is 3.15. The summed E-state index contributed by atoms with van der Waals surface area (Å²) in [7, 11) is 4.58. The number of methoxy groups -OCH3 is 3. The maximum Gasteiger partial charge on any atom is 0.264 e. The molecule has 0 unspecified atom stereocenters. The van der Waals surface area contributed by atoms with E-state index in [9.17, 15) is 9.59 Å². The number of nitrogens with zero attached hydrogens (tertiary/aromatic N) is 1. The van der Waals surface area contributed by atoms with E-state index in [-0.39, 0.29) is 11.4 Å². The second kappa shape index (κ2) is 8.96. The monoisotopic (exact) mass is 445 g/mol. The summed E-state index contributed by atoms with van der Waals surface area (Å²) in [5, 5.41) is 3.40. The first kappa shape index (κ1) is 21.8. The van der Waals surface area contributed by atoms with E-state index in [0.29, 0.717) is 39.4 Å². The van der Waals surface area contributed by atoms with Crippen LogP contribution in [0.4, 0.5) is 11.5 Å². The first-order valence-electron chi connectivity index (χ1n) is 10.1. The van der Waals surface area contributed by atoms with Gasteiger partial charge in [-0.2, -0.15) is 0 Å². The molecule has 0 aliphatic rings. The van der Waals surface area contributed by atoms with Gasteiger partial charge in [-0.1, -0.05) is 18.2 Å². The lowest BCUT2D eigenvalue weighted by atomic mass is 10.1. The Balaban J connectivity index is 1.77. The number of nitrogen functional groups attached to an aromatic ring is 1. The lowest BCUT2D eigenvalue weighted by molar-refractivity contribution is 0.0967. The van der Waals surface area contributed by atoms with Gasteiger partial charge in [0.25, 0.3) is 11.8 Å². The molecule has 4 aromatic rings. The third-order valence-corrected chi connectivity index (χ3v) is 5.32. The van der Waals surface area contributed by atoms with E-state index in [1.807, 2.05) is 0 Å². The molecule has 0 spiro atoms. The average molecular weight is 445 g/mol. The second-order valence-electron chi connectivity index (χ2n) is 7.17. The fourth-order valence-electron chi connectivity index (χ4n) is 3.68. The number of carbonyl (C=O) groups excluding carboxylic acids is 2. The van der Waals surface area contributed by atoms with Gasteiger partial charge in [0, 0.05) is 16.6 Å². The Bertz CT molecular complexity index is 1340. The van der Waals surface area contributed by atoms with Crippen LogP contribution >= 0.6 is 0 Å². The first-order chi connectivity index (χ1) is 16.0. The topological polar surface area (TPSA) is 105 Å². The van der Waals surface area contributed by atoms with Crippen molar-refractivity contribution in [3.63, 3.8) is 0 Å². The number of hydrogen-bond acceptors (Lipinski definition) is 6. The number of nitrogens with two attached hydrogens (primary N) is 1. The van der Waals surface area contributed by atoms with Crippen molar-refractivity contribution in [2.45, 2.75) is 0 Å². The number of anilines is 2. The minimum Gasteiger partial charge on any atom is -0.497 e. The number of benzene rings is 3. The van der Waals surface area contributed by atoms with Crippen LogP contribution in [0.5, 0.6) is 17.2 Å². The summed E-state index contributed by atoms with van der Waals surface area (Å²) in [5.74, 6) is 0.808. The lowest BCUT2D eigenvalue weighted by Crippen LogP contribution is -2.18. The molecule has 0 aliphatic heterocycles. The van der Waals surface area contributed by atoms with Crippen molar-refractivity contribution in [2.75, 3.05) is 32.4 Å². The molecular formula is C25H23N3O5. The molecule has 0 atom stereocenters. The van der Waals surface area contributed by atoms with Gasteiger partial charge in [0.1, 0.15) is 11.6 Å². The maximum atomic E-state index is 13.5. The van der Waals surface area contributed by atoms with Gasteiger partial charge in [0.05, 0.1) is 32.4 Å². The van der Waals surface area contributed by atoms with Crippen molar-refractivity contribution in [3.8, 4) is 17.2 Å². The maximum absolute atomic E-state index is 13.5. The van der Waals surface area contributed by atoms with Gasteiger partial charge < -0.3 is 25.3 Å². The van der Waals surface area contributed by atoms with E-state index in [1.54, 1.807) is 73.8 Å². The number of aromatic nitrogens is 1. The Morgan fingerprint density at radius 2 is 1.55 bits per heavy atom. The zero-order valence-corrected chi connectivity index (χ0v) is 18.4. The molecule has 0 saturated carbocycles. The number of ether oxygens (including phenoxy) is 3. The standard InChI is InChI=1S/C25H23N3O5/c1-31-17-11-9-16(10-12-17)27-24(29)22-18-6-4-5-7-19(18)28(23(22)26)25(30)15-8-13-20(32-2)21(14-15)33-3/h4-14H,26H2,1-3H3,(H,27,29). The van der Waals surface area contributed by atoms with E-state index >= 15 is 0 Å². The predicted molar refractivity (Wildman–Crippen MR) is 127 cm³/mol. The highest BCUT2D eigenvalue weighted by molar-refractivity contribution is 6.20. The van der Waals surface area contributed by atoms with Crippen molar-refractivity contribution in [1.29, 1.82) is 0 Å². The highest BCUT2D eigenvalue weighted by Gasteiger charge is 2.25. The predicted octanol–water partition coefficient (Wildman–Crippen LogP) is 4.19. The van der Waals surface area contributed by atoms with Gasteiger partial charge in [0.15, 0.2) is 11.5 Å². The van der Waals surface area contributed by atoms with Crippen molar-refractivity contribution in [2.24, 2.45) is 0 Å². The molecule has 4 rings (SSSR count). The molecule has 0 aliphatic carbocycles. The summed E-state index contributed by atoms with van der Waals surface area (Å²) in [6, 6.07) is 18.8. The van der Waals surface area contributed by atoms with Gasteiger partial charge in [-0.25, -0.2) is 0 Å². The summed E-state index contributed by atoms with van der Waals surface area (Å²) < 4.78 is 17.0. The Morgan fingerprint density at radius 3 is 2.21 bits per heavy atom. The molecule has 8 nitrogen and oxygen atoms in total. The van der Waals surface area contributed by atoms with Gasteiger partial charge in [0.2, 0.25) is 0 Å². The normalized spacial score (nSPS) is 10.6. The van der Waals surface area contributed by atoms with Crippen LogP contribution in [0.2, 0.25) is 0 Å². The second-order valence-corrected chi connectivity index (χ2v) is 7.17. The SMILES string of the molecule is COc1ccc(NC(=O)c2c(N)n(C(=O)c3ccc(OC)c(OC)c3)c3ccccc23)cc1. The van der Waals surface area contributed by atoms with Crippen LogP contribution < -0.4 is 25.3 Å². The van der Waals surface area contributed by atoms with Crippen molar-refractivity contribution in [1.82, 2.24) is 4.57 Å². The summed E-state index contributed by atoms with van der Waals surface area (Å²) in [4.78, 5) is 26.6. The van der Waals surface area contributed by atoms with Crippen molar-refractivity contribution in [3.05, 3.63) is 77.9 Å². The number of hydrogen-bond donors (Lipinski definition) is 2. The van der Waals surface area contributed by atoms with Crippen LogP contribution in [0, 0.1) is 0 Å². The fraction of sp³-hybridized carbons (Fsp3) is 0.120. The molecule has 168 valence electrons. The largest absolute Gasteiger partial charge is 0.497 e. The molecule has 3 N–H and O–H groups in total. The van der Waals surface area contributed by atoms with Crippen LogP contribution in [0.3, 0.4) is 0 Å². The van der Waals surface area contributed by atoms with E-state index in [4.69, 9.17) is 19.9 Å². The van der Waals surface area contributed by atoms with Crippen LogP contribution in [-0.4, -0.2) is 37.7 Å². The Kier molecular flexibility index (Phi) is 5.91. The molecule has 0 saturated heterocycles. The Hall–Kier alpha value is -4.46. The van der Waals surface area contributed by atoms with Gasteiger partial charge >= 0.3 is 0 Å². The van der Waals surface area contributed by atoms with Gasteiger partial charge in [-0.05, 0) is 48.5 Å². The zero-order valence-electron chi connectivity index (χ0n) is 18.4. The van der Waals surface area contributed by atoms with Crippen molar-refractivity contribution < 1.29 is 23.8 Å². The van der Waals surface area contributed by atoms with E-state index in [2.05, 4.69) is 5.32 Å². The van der Waals surface area contributed by atoms with Crippen LogP contribution in [0.15, 0.2) is 66.7 Å². The minimum atomic E-state index is -0.423. The van der Waals surface area contributed by atoms with E-state index in [0.717, 1.165) is 0 Å². The Labute approximate surface area is 190 Å². The molecule has 3 aromatic carbocycles. The van der Waals surface area contributed by atoms with Crippen LogP contribution in [0.1, 0.15) is 20.7 Å². The van der Waals surface area contributed by atoms with E-state index in [1.165, 1.54) is 18.8 Å².